The van der Waals surface area contributed by atoms with E-state index in [1.54, 1.807) is 0 Å². The average molecular weight is 491 g/mol. The van der Waals surface area contributed by atoms with Crippen LogP contribution in [0.2, 0.25) is 0 Å². The van der Waals surface area contributed by atoms with E-state index in [9.17, 15) is 0 Å². The molecule has 2 aromatic carbocycles. The van der Waals surface area contributed by atoms with Gasteiger partial charge in [-0.05, 0) is 48.5 Å². The molecule has 0 radical (unpaired) electrons. The second-order valence-electron chi connectivity index (χ2n) is 9.13. The van der Waals surface area contributed by atoms with E-state index >= 15 is 0 Å². The molecule has 0 unspecified atom stereocenters. The Kier molecular flexibility index (Phi) is 4.42. The van der Waals surface area contributed by atoms with Crippen molar-refractivity contribution in [2.75, 3.05) is 0 Å². The first-order valence-corrected chi connectivity index (χ1v) is 12.3. The summed E-state index contributed by atoms with van der Waals surface area (Å²) in [6, 6.07) is 27.9. The summed E-state index contributed by atoms with van der Waals surface area (Å²) in [6.07, 6.45) is 7.33. The van der Waals surface area contributed by atoms with Gasteiger partial charge in [0.25, 0.3) is 0 Å². The Morgan fingerprint density at radius 1 is 0.447 bits per heavy atom. The van der Waals surface area contributed by atoms with Crippen LogP contribution >= 0.6 is 0 Å². The zero-order valence-electron chi connectivity index (χ0n) is 20.0. The minimum Gasteiger partial charge on any atom is -0.454 e. The Labute approximate surface area is 216 Å². The minimum absolute atomic E-state index is 0.764. The van der Waals surface area contributed by atoms with Gasteiger partial charge in [0.05, 0.1) is 11.4 Å². The predicted octanol–water partition coefficient (Wildman–Crippen LogP) is 8.07. The number of pyridine rings is 4. The molecule has 6 heteroatoms. The maximum Gasteiger partial charge on any atom is 0.161 e. The molecular weight excluding hydrogens is 472 g/mol. The highest BCUT2D eigenvalue weighted by Gasteiger charge is 2.15. The van der Waals surface area contributed by atoms with Gasteiger partial charge in [-0.25, -0.2) is 0 Å². The number of aromatic nitrogens is 4. The van der Waals surface area contributed by atoms with Crippen molar-refractivity contribution < 1.29 is 8.83 Å². The molecule has 178 valence electrons. The van der Waals surface area contributed by atoms with Gasteiger partial charge in [0.2, 0.25) is 0 Å². The number of fused-ring (bicyclic) bond motifs is 6. The van der Waals surface area contributed by atoms with Crippen LogP contribution in [0.25, 0.3) is 77.8 Å². The maximum atomic E-state index is 6.14. The molecule has 6 aromatic heterocycles. The first-order valence-electron chi connectivity index (χ1n) is 12.3. The average Bonchev–Trinajstić information content (AvgIpc) is 3.56. The second-order valence-corrected chi connectivity index (χ2v) is 9.13. The van der Waals surface area contributed by atoms with E-state index in [2.05, 4.69) is 9.97 Å². The zero-order valence-corrected chi connectivity index (χ0v) is 20.0. The molecule has 0 aliphatic rings. The third kappa shape index (κ3) is 3.14. The van der Waals surface area contributed by atoms with Crippen molar-refractivity contribution in [3.8, 4) is 33.6 Å². The van der Waals surface area contributed by atoms with E-state index in [1.807, 2.05) is 110 Å². The van der Waals surface area contributed by atoms with Gasteiger partial charge in [-0.2, -0.15) is 0 Å². The molecular formula is C32H18N4O2. The Morgan fingerprint density at radius 3 is 1.37 bits per heavy atom. The number of para-hydroxylation sites is 2. The van der Waals surface area contributed by atoms with Crippen LogP contribution in [0, 0.1) is 0 Å². The van der Waals surface area contributed by atoms with Crippen LogP contribution < -0.4 is 0 Å². The van der Waals surface area contributed by atoms with E-state index in [0.717, 1.165) is 77.8 Å². The molecule has 0 bridgehead atoms. The quantitative estimate of drug-likeness (QED) is 0.249. The van der Waals surface area contributed by atoms with Gasteiger partial charge in [-0.3, -0.25) is 19.9 Å². The number of furan rings is 2. The zero-order chi connectivity index (χ0) is 25.1. The van der Waals surface area contributed by atoms with Crippen LogP contribution in [-0.4, -0.2) is 19.9 Å². The Bertz CT molecular complexity index is 1970. The monoisotopic (exact) mass is 490 g/mol. The molecule has 6 nitrogen and oxygen atoms in total. The topological polar surface area (TPSA) is 77.8 Å². The van der Waals surface area contributed by atoms with Crippen molar-refractivity contribution in [3.63, 3.8) is 0 Å². The van der Waals surface area contributed by atoms with Gasteiger partial charge in [0, 0.05) is 57.8 Å². The van der Waals surface area contributed by atoms with Crippen molar-refractivity contribution in [1.82, 2.24) is 19.9 Å². The fourth-order valence-electron chi connectivity index (χ4n) is 5.07. The van der Waals surface area contributed by atoms with Crippen molar-refractivity contribution in [2.45, 2.75) is 0 Å². The third-order valence-electron chi connectivity index (χ3n) is 6.93. The summed E-state index contributed by atoms with van der Waals surface area (Å²) in [5.41, 5.74) is 10.3. The van der Waals surface area contributed by atoms with E-state index in [-0.39, 0.29) is 0 Å². The second kappa shape index (κ2) is 8.08. The molecule has 0 N–H and O–H groups in total. The van der Waals surface area contributed by atoms with Crippen LogP contribution in [0.5, 0.6) is 0 Å². The minimum atomic E-state index is 0.764. The molecule has 0 spiro atoms. The van der Waals surface area contributed by atoms with Gasteiger partial charge < -0.3 is 8.83 Å². The standard InChI is InChI=1S/C32H18N4O2/c1-3-7-27-23(5-1)29-31(37-27)21(13-15-33-29)19-9-11-25(35-17-19)26-12-10-20(18-36-26)22-14-16-34-30-24-6-2-4-8-28(24)38-32(22)30/h1-18H. The molecule has 0 saturated carbocycles. The summed E-state index contributed by atoms with van der Waals surface area (Å²) in [5, 5.41) is 2.01. The molecule has 0 saturated heterocycles. The van der Waals surface area contributed by atoms with Gasteiger partial charge >= 0.3 is 0 Å². The summed E-state index contributed by atoms with van der Waals surface area (Å²) in [6.45, 7) is 0. The summed E-state index contributed by atoms with van der Waals surface area (Å²) in [5.74, 6) is 0. The summed E-state index contributed by atoms with van der Waals surface area (Å²) < 4.78 is 12.3. The normalized spacial score (nSPS) is 11.7. The molecule has 0 atom stereocenters. The Hall–Kier alpha value is -5.36. The highest BCUT2D eigenvalue weighted by atomic mass is 16.3. The van der Waals surface area contributed by atoms with Gasteiger partial charge in [0.1, 0.15) is 22.2 Å². The lowest BCUT2D eigenvalue weighted by atomic mass is 10.1. The van der Waals surface area contributed by atoms with E-state index in [0.29, 0.717) is 0 Å². The molecule has 6 heterocycles. The summed E-state index contributed by atoms with van der Waals surface area (Å²) in [7, 11) is 0. The van der Waals surface area contributed by atoms with Crippen molar-refractivity contribution >= 4 is 44.1 Å². The van der Waals surface area contributed by atoms with Crippen LogP contribution in [0.15, 0.2) is 119 Å². The van der Waals surface area contributed by atoms with E-state index in [4.69, 9.17) is 18.8 Å². The number of rotatable bonds is 3. The van der Waals surface area contributed by atoms with Gasteiger partial charge in [0.15, 0.2) is 11.2 Å². The molecule has 0 aliphatic carbocycles. The van der Waals surface area contributed by atoms with Crippen LogP contribution in [-0.2, 0) is 0 Å². The van der Waals surface area contributed by atoms with Crippen molar-refractivity contribution in [1.29, 1.82) is 0 Å². The maximum absolute atomic E-state index is 6.14. The lowest BCUT2D eigenvalue weighted by molar-refractivity contribution is 0.669. The van der Waals surface area contributed by atoms with Crippen LogP contribution in [0.1, 0.15) is 0 Å². The molecule has 8 aromatic rings. The van der Waals surface area contributed by atoms with Crippen molar-refractivity contribution in [3.05, 3.63) is 110 Å². The lowest BCUT2D eigenvalue weighted by Crippen LogP contribution is -1.90. The molecule has 38 heavy (non-hydrogen) atoms. The number of benzene rings is 2. The first kappa shape index (κ1) is 20.8. The number of hydrogen-bond acceptors (Lipinski definition) is 6. The summed E-state index contributed by atoms with van der Waals surface area (Å²) >= 11 is 0. The predicted molar refractivity (Wildman–Crippen MR) is 148 cm³/mol. The number of hydrogen-bond donors (Lipinski definition) is 0. The largest absolute Gasteiger partial charge is 0.454 e. The fraction of sp³-hybridized carbons (Fsp3) is 0. The SMILES string of the molecule is c1ccc2c(c1)oc1c(-c3ccc(-c4ccc(-c5ccnc6c5oc5ccccc56)cn4)nc3)ccnc12. The molecule has 0 aliphatic heterocycles. The van der Waals surface area contributed by atoms with Gasteiger partial charge in [-0.15, -0.1) is 0 Å². The summed E-state index contributed by atoms with van der Waals surface area (Å²) in [4.78, 5) is 18.5. The van der Waals surface area contributed by atoms with Crippen LogP contribution in [0.4, 0.5) is 0 Å². The highest BCUT2D eigenvalue weighted by Crippen LogP contribution is 2.36. The number of nitrogens with zero attached hydrogens (tertiary/aromatic N) is 4. The van der Waals surface area contributed by atoms with Gasteiger partial charge in [-0.1, -0.05) is 36.4 Å². The lowest BCUT2D eigenvalue weighted by Gasteiger charge is -2.06. The third-order valence-corrected chi connectivity index (χ3v) is 6.93. The molecule has 0 amide bonds. The highest BCUT2D eigenvalue weighted by molar-refractivity contribution is 6.08. The Balaban J connectivity index is 1.14. The van der Waals surface area contributed by atoms with Crippen LogP contribution in [0.3, 0.4) is 0 Å². The molecule has 8 rings (SSSR count). The first-order chi connectivity index (χ1) is 18.8. The fourth-order valence-corrected chi connectivity index (χ4v) is 5.07. The van der Waals surface area contributed by atoms with Crippen molar-refractivity contribution in [2.24, 2.45) is 0 Å². The molecule has 0 fully saturated rings. The smallest absolute Gasteiger partial charge is 0.161 e. The Morgan fingerprint density at radius 2 is 0.921 bits per heavy atom. The van der Waals surface area contributed by atoms with E-state index < -0.39 is 0 Å². The van der Waals surface area contributed by atoms with E-state index in [1.165, 1.54) is 0 Å².